The van der Waals surface area contributed by atoms with Gasteiger partial charge in [0.25, 0.3) is 11.8 Å². The highest BCUT2D eigenvalue weighted by Gasteiger charge is 2.17. The van der Waals surface area contributed by atoms with Gasteiger partial charge in [0, 0.05) is 17.7 Å². The molecule has 7 heteroatoms. The lowest BCUT2D eigenvalue weighted by atomic mass is 10.2. The zero-order valence-corrected chi connectivity index (χ0v) is 16.5. The summed E-state index contributed by atoms with van der Waals surface area (Å²) in [6.07, 6.45) is 2.69. The van der Waals surface area contributed by atoms with Crippen molar-refractivity contribution in [2.45, 2.75) is 20.0 Å². The zero-order chi connectivity index (χ0) is 21.5. The van der Waals surface area contributed by atoms with Gasteiger partial charge in [-0.15, -0.1) is 0 Å². The highest BCUT2D eigenvalue weighted by molar-refractivity contribution is 6.10. The van der Waals surface area contributed by atoms with Crippen molar-refractivity contribution in [1.82, 2.24) is 5.32 Å². The maximum atomic E-state index is 14.4. The number of anilines is 1. The van der Waals surface area contributed by atoms with Crippen molar-refractivity contribution in [2.75, 3.05) is 5.32 Å². The van der Waals surface area contributed by atoms with Crippen molar-refractivity contribution in [3.8, 4) is 5.75 Å². The SMILES string of the molecule is CC(C)Oc1ccc(NC(=O)/C(=C/c2ccco2)NC(=O)c2ccccc2)c(F)c1. The monoisotopic (exact) mass is 408 g/mol. The minimum absolute atomic E-state index is 0.0459. The van der Waals surface area contributed by atoms with Crippen LogP contribution in [0.1, 0.15) is 30.0 Å². The van der Waals surface area contributed by atoms with Crippen LogP contribution in [0, 0.1) is 5.82 Å². The van der Waals surface area contributed by atoms with E-state index in [1.54, 1.807) is 48.5 Å². The predicted octanol–water partition coefficient (Wildman–Crippen LogP) is 4.62. The second-order valence-electron chi connectivity index (χ2n) is 6.66. The second kappa shape index (κ2) is 9.56. The summed E-state index contributed by atoms with van der Waals surface area (Å²) in [5.41, 5.74) is 0.230. The minimum Gasteiger partial charge on any atom is -0.491 e. The summed E-state index contributed by atoms with van der Waals surface area (Å²) < 4.78 is 25.1. The van der Waals surface area contributed by atoms with Crippen molar-refractivity contribution in [2.24, 2.45) is 0 Å². The highest BCUT2D eigenvalue weighted by Crippen LogP contribution is 2.22. The smallest absolute Gasteiger partial charge is 0.272 e. The van der Waals surface area contributed by atoms with Gasteiger partial charge in [-0.2, -0.15) is 0 Å². The van der Waals surface area contributed by atoms with Gasteiger partial charge in [0.15, 0.2) is 0 Å². The summed E-state index contributed by atoms with van der Waals surface area (Å²) in [6, 6.07) is 15.8. The van der Waals surface area contributed by atoms with E-state index in [0.29, 0.717) is 17.1 Å². The largest absolute Gasteiger partial charge is 0.491 e. The molecule has 154 valence electrons. The molecular weight excluding hydrogens is 387 g/mol. The molecule has 0 saturated carbocycles. The molecule has 0 radical (unpaired) electrons. The van der Waals surface area contributed by atoms with Crippen LogP contribution >= 0.6 is 0 Å². The van der Waals surface area contributed by atoms with Crippen LogP contribution in [-0.2, 0) is 4.79 Å². The number of nitrogens with one attached hydrogen (secondary N) is 2. The first kappa shape index (κ1) is 20.9. The molecule has 0 spiro atoms. The summed E-state index contributed by atoms with van der Waals surface area (Å²) in [5, 5.41) is 5.02. The molecule has 0 fully saturated rings. The predicted molar refractivity (Wildman–Crippen MR) is 111 cm³/mol. The Labute approximate surface area is 173 Å². The first-order valence-corrected chi connectivity index (χ1v) is 9.31. The average Bonchev–Trinajstić information content (AvgIpc) is 3.23. The lowest BCUT2D eigenvalue weighted by molar-refractivity contribution is -0.113. The number of amides is 2. The van der Waals surface area contributed by atoms with Gasteiger partial charge in [-0.3, -0.25) is 9.59 Å². The fourth-order valence-corrected chi connectivity index (χ4v) is 2.59. The van der Waals surface area contributed by atoms with Crippen LogP contribution < -0.4 is 15.4 Å². The third-order valence-corrected chi connectivity index (χ3v) is 3.92. The Balaban J connectivity index is 1.81. The van der Waals surface area contributed by atoms with E-state index in [2.05, 4.69) is 10.6 Å². The Hall–Kier alpha value is -3.87. The third kappa shape index (κ3) is 5.57. The number of ether oxygens (including phenoxy) is 1. The summed E-state index contributed by atoms with van der Waals surface area (Å²) in [7, 11) is 0. The lowest BCUT2D eigenvalue weighted by Gasteiger charge is -2.13. The van der Waals surface area contributed by atoms with E-state index in [1.807, 2.05) is 13.8 Å². The second-order valence-corrected chi connectivity index (χ2v) is 6.66. The van der Waals surface area contributed by atoms with Gasteiger partial charge in [-0.25, -0.2) is 4.39 Å². The molecule has 0 atom stereocenters. The van der Waals surface area contributed by atoms with Gasteiger partial charge < -0.3 is 19.8 Å². The fraction of sp³-hybridized carbons (Fsp3) is 0.130. The number of carbonyl (C=O) groups is 2. The summed E-state index contributed by atoms with van der Waals surface area (Å²) in [4.78, 5) is 25.3. The topological polar surface area (TPSA) is 80.6 Å². The van der Waals surface area contributed by atoms with Crippen molar-refractivity contribution < 1.29 is 23.1 Å². The molecule has 2 N–H and O–H groups in total. The van der Waals surface area contributed by atoms with E-state index < -0.39 is 17.6 Å². The molecule has 3 aromatic rings. The molecule has 1 heterocycles. The van der Waals surface area contributed by atoms with E-state index in [0.717, 1.165) is 0 Å². The van der Waals surface area contributed by atoms with Gasteiger partial charge in [0.1, 0.15) is 23.0 Å². The minimum atomic E-state index is -0.702. The molecule has 1 aromatic heterocycles. The van der Waals surface area contributed by atoms with E-state index in [1.165, 1.54) is 24.5 Å². The highest BCUT2D eigenvalue weighted by atomic mass is 19.1. The Morgan fingerprint density at radius 3 is 2.47 bits per heavy atom. The Morgan fingerprint density at radius 2 is 1.83 bits per heavy atom. The van der Waals surface area contributed by atoms with E-state index >= 15 is 0 Å². The number of hydrogen-bond donors (Lipinski definition) is 2. The molecule has 2 amide bonds. The summed E-state index contributed by atoms with van der Waals surface area (Å²) in [5.74, 6) is -1.14. The number of rotatable bonds is 7. The van der Waals surface area contributed by atoms with Crippen molar-refractivity contribution >= 4 is 23.6 Å². The van der Waals surface area contributed by atoms with E-state index in [9.17, 15) is 14.0 Å². The normalized spacial score (nSPS) is 11.3. The van der Waals surface area contributed by atoms with E-state index in [-0.39, 0.29) is 17.5 Å². The number of carbonyl (C=O) groups excluding carboxylic acids is 2. The molecule has 0 saturated heterocycles. The maximum absolute atomic E-state index is 14.4. The molecule has 0 aliphatic heterocycles. The molecule has 0 aliphatic carbocycles. The van der Waals surface area contributed by atoms with Crippen LogP contribution in [0.5, 0.6) is 5.75 Å². The maximum Gasteiger partial charge on any atom is 0.272 e. The quantitative estimate of drug-likeness (QED) is 0.559. The Kier molecular flexibility index (Phi) is 6.64. The van der Waals surface area contributed by atoms with Crippen molar-refractivity contribution in [3.05, 3.63) is 89.8 Å². The molecule has 0 aliphatic rings. The Bertz CT molecular complexity index is 1040. The van der Waals surface area contributed by atoms with Gasteiger partial charge in [-0.1, -0.05) is 18.2 Å². The molecule has 3 rings (SSSR count). The third-order valence-electron chi connectivity index (χ3n) is 3.92. The van der Waals surface area contributed by atoms with Crippen molar-refractivity contribution in [1.29, 1.82) is 0 Å². The van der Waals surface area contributed by atoms with Crippen LogP contribution in [0.25, 0.3) is 6.08 Å². The first-order chi connectivity index (χ1) is 14.4. The van der Waals surface area contributed by atoms with Gasteiger partial charge in [0.2, 0.25) is 0 Å². The standard InChI is InChI=1S/C23H21FN2O4/c1-15(2)30-18-10-11-20(19(24)13-18)25-23(28)21(14-17-9-6-12-29-17)26-22(27)16-7-4-3-5-8-16/h3-15H,1-2H3,(H,25,28)(H,26,27)/b21-14-. The summed E-state index contributed by atoms with van der Waals surface area (Å²) in [6.45, 7) is 3.66. The van der Waals surface area contributed by atoms with Crippen LogP contribution in [0.15, 0.2) is 77.0 Å². The number of halogens is 1. The van der Waals surface area contributed by atoms with Gasteiger partial charge >= 0.3 is 0 Å². The fourth-order valence-electron chi connectivity index (χ4n) is 2.59. The molecule has 0 unspecified atom stereocenters. The summed E-state index contributed by atoms with van der Waals surface area (Å²) >= 11 is 0. The number of furan rings is 1. The van der Waals surface area contributed by atoms with Crippen LogP contribution in [-0.4, -0.2) is 17.9 Å². The molecule has 2 aromatic carbocycles. The van der Waals surface area contributed by atoms with E-state index in [4.69, 9.17) is 9.15 Å². The molecule has 6 nitrogen and oxygen atoms in total. The molecule has 30 heavy (non-hydrogen) atoms. The van der Waals surface area contributed by atoms with Gasteiger partial charge in [-0.05, 0) is 50.2 Å². The van der Waals surface area contributed by atoms with Crippen LogP contribution in [0.2, 0.25) is 0 Å². The molecular formula is C23H21FN2O4. The van der Waals surface area contributed by atoms with Gasteiger partial charge in [0.05, 0.1) is 18.1 Å². The Morgan fingerprint density at radius 1 is 1.07 bits per heavy atom. The average molecular weight is 408 g/mol. The zero-order valence-electron chi connectivity index (χ0n) is 16.5. The lowest BCUT2D eigenvalue weighted by Crippen LogP contribution is -2.30. The molecule has 0 bridgehead atoms. The number of hydrogen-bond acceptors (Lipinski definition) is 4. The van der Waals surface area contributed by atoms with Crippen LogP contribution in [0.3, 0.4) is 0 Å². The first-order valence-electron chi connectivity index (χ1n) is 9.31. The van der Waals surface area contributed by atoms with Crippen molar-refractivity contribution in [3.63, 3.8) is 0 Å². The van der Waals surface area contributed by atoms with Crippen LogP contribution in [0.4, 0.5) is 10.1 Å². The number of benzene rings is 2.